The van der Waals surface area contributed by atoms with Crippen LogP contribution in [0.5, 0.6) is 17.2 Å². The first-order valence-electron chi connectivity index (χ1n) is 6.74. The van der Waals surface area contributed by atoms with Gasteiger partial charge in [-0.1, -0.05) is 0 Å². The summed E-state index contributed by atoms with van der Waals surface area (Å²) in [5.74, 6) is 0.264. The van der Waals surface area contributed by atoms with E-state index in [0.717, 1.165) is 6.29 Å². The van der Waals surface area contributed by atoms with Crippen LogP contribution >= 0.6 is 0 Å². The molecule has 2 N–H and O–H groups in total. The van der Waals surface area contributed by atoms with E-state index in [2.05, 4.69) is 0 Å². The normalized spacial score (nSPS) is 10.2. The van der Waals surface area contributed by atoms with Gasteiger partial charge in [-0.2, -0.15) is 0 Å². The molecule has 0 atom stereocenters. The van der Waals surface area contributed by atoms with Gasteiger partial charge in [0, 0.05) is 17.5 Å². The van der Waals surface area contributed by atoms with Crippen molar-refractivity contribution in [1.29, 1.82) is 0 Å². The molecule has 0 amide bonds. The molecule has 0 bridgehead atoms. The predicted octanol–water partition coefficient (Wildman–Crippen LogP) is 2.65. The van der Waals surface area contributed by atoms with E-state index in [9.17, 15) is 19.8 Å². The molecule has 0 aliphatic carbocycles. The van der Waals surface area contributed by atoms with Crippen molar-refractivity contribution in [2.45, 2.75) is 13.3 Å². The Bertz CT molecular complexity index is 706. The molecule has 0 radical (unpaired) electrons. The Kier molecular flexibility index (Phi) is 4.78. The number of aryl methyl sites for hydroxylation is 1. The Morgan fingerprint density at radius 1 is 1.05 bits per heavy atom. The van der Waals surface area contributed by atoms with Crippen molar-refractivity contribution in [2.24, 2.45) is 0 Å². The molecule has 0 saturated heterocycles. The SMILES string of the molecule is Cc1cc(C=O)cc(CCOc2cc(C=O)ccc2O)c1O. The maximum absolute atomic E-state index is 10.9. The van der Waals surface area contributed by atoms with Gasteiger partial charge in [0.1, 0.15) is 18.3 Å². The van der Waals surface area contributed by atoms with Crippen molar-refractivity contribution in [3.05, 3.63) is 52.6 Å². The first-order chi connectivity index (χ1) is 10.5. The number of hydrogen-bond acceptors (Lipinski definition) is 5. The number of aromatic hydroxyl groups is 2. The third-order valence-electron chi connectivity index (χ3n) is 3.29. The number of rotatable bonds is 6. The Labute approximate surface area is 127 Å². The van der Waals surface area contributed by atoms with Gasteiger partial charge in [-0.05, 0) is 48.4 Å². The van der Waals surface area contributed by atoms with E-state index in [1.165, 1.54) is 18.2 Å². The van der Waals surface area contributed by atoms with Crippen LogP contribution in [0.1, 0.15) is 31.8 Å². The largest absolute Gasteiger partial charge is 0.507 e. The second-order valence-corrected chi connectivity index (χ2v) is 4.91. The Balaban J connectivity index is 2.10. The minimum absolute atomic E-state index is 0.0624. The van der Waals surface area contributed by atoms with Crippen LogP contribution in [0.25, 0.3) is 0 Å². The van der Waals surface area contributed by atoms with Crippen molar-refractivity contribution in [3.8, 4) is 17.2 Å². The maximum Gasteiger partial charge on any atom is 0.161 e. The molecule has 5 heteroatoms. The summed E-state index contributed by atoms with van der Waals surface area (Å²) in [4.78, 5) is 21.6. The number of aldehydes is 2. The van der Waals surface area contributed by atoms with Crippen LogP contribution in [0.3, 0.4) is 0 Å². The minimum Gasteiger partial charge on any atom is -0.507 e. The van der Waals surface area contributed by atoms with Gasteiger partial charge in [0.15, 0.2) is 11.5 Å². The van der Waals surface area contributed by atoms with Gasteiger partial charge in [0.2, 0.25) is 0 Å². The zero-order valence-electron chi connectivity index (χ0n) is 12.1. The van der Waals surface area contributed by atoms with Gasteiger partial charge in [-0.3, -0.25) is 9.59 Å². The van der Waals surface area contributed by atoms with Gasteiger partial charge < -0.3 is 14.9 Å². The number of phenols is 2. The first-order valence-corrected chi connectivity index (χ1v) is 6.74. The molecule has 2 rings (SSSR count). The van der Waals surface area contributed by atoms with Crippen LogP contribution in [0.2, 0.25) is 0 Å². The lowest BCUT2D eigenvalue weighted by atomic mass is 10.0. The van der Waals surface area contributed by atoms with E-state index in [1.54, 1.807) is 19.1 Å². The highest BCUT2D eigenvalue weighted by atomic mass is 16.5. The van der Waals surface area contributed by atoms with Crippen molar-refractivity contribution in [1.82, 2.24) is 0 Å². The van der Waals surface area contributed by atoms with Gasteiger partial charge in [0.05, 0.1) is 6.61 Å². The number of phenolic OH excluding ortho intramolecular Hbond substituents is 2. The number of carbonyl (C=O) groups is 2. The molecule has 0 spiro atoms. The van der Waals surface area contributed by atoms with Crippen LogP contribution in [0.15, 0.2) is 30.3 Å². The van der Waals surface area contributed by atoms with Crippen LogP contribution < -0.4 is 4.74 Å². The van der Waals surface area contributed by atoms with Gasteiger partial charge in [0.25, 0.3) is 0 Å². The molecule has 114 valence electrons. The maximum atomic E-state index is 10.9. The Hall–Kier alpha value is -2.82. The zero-order chi connectivity index (χ0) is 16.1. The number of carbonyl (C=O) groups excluding carboxylic acids is 2. The molecule has 0 aromatic heterocycles. The average molecular weight is 300 g/mol. The molecule has 2 aromatic rings. The second kappa shape index (κ2) is 6.76. The van der Waals surface area contributed by atoms with Gasteiger partial charge >= 0.3 is 0 Å². The number of hydrogen-bond donors (Lipinski definition) is 2. The Morgan fingerprint density at radius 3 is 2.45 bits per heavy atom. The van der Waals surface area contributed by atoms with Crippen LogP contribution in [0.4, 0.5) is 0 Å². The van der Waals surface area contributed by atoms with Crippen molar-refractivity contribution in [2.75, 3.05) is 6.61 Å². The van der Waals surface area contributed by atoms with Gasteiger partial charge in [-0.25, -0.2) is 0 Å². The summed E-state index contributed by atoms with van der Waals surface area (Å²) in [7, 11) is 0. The predicted molar refractivity (Wildman–Crippen MR) is 80.9 cm³/mol. The van der Waals surface area contributed by atoms with Crippen LogP contribution in [-0.4, -0.2) is 29.4 Å². The summed E-state index contributed by atoms with van der Waals surface area (Å²) in [5, 5.41) is 19.7. The molecule has 0 unspecified atom stereocenters. The topological polar surface area (TPSA) is 83.8 Å². The monoisotopic (exact) mass is 300 g/mol. The van der Waals surface area contributed by atoms with E-state index >= 15 is 0 Å². The summed E-state index contributed by atoms with van der Waals surface area (Å²) < 4.78 is 5.44. The zero-order valence-corrected chi connectivity index (χ0v) is 12.1. The number of ether oxygens (including phenoxy) is 1. The fourth-order valence-electron chi connectivity index (χ4n) is 2.13. The van der Waals surface area contributed by atoms with Crippen molar-refractivity contribution < 1.29 is 24.5 Å². The highest BCUT2D eigenvalue weighted by molar-refractivity contribution is 5.77. The van der Waals surface area contributed by atoms with Gasteiger partial charge in [-0.15, -0.1) is 0 Å². The molecule has 0 fully saturated rings. The summed E-state index contributed by atoms with van der Waals surface area (Å²) in [6.07, 6.45) is 1.74. The molecular weight excluding hydrogens is 284 g/mol. The summed E-state index contributed by atoms with van der Waals surface area (Å²) in [6.45, 7) is 1.90. The molecule has 0 heterocycles. The van der Waals surface area contributed by atoms with E-state index in [-0.39, 0.29) is 23.9 Å². The molecule has 0 aliphatic heterocycles. The summed E-state index contributed by atoms with van der Waals surface area (Å²) in [6, 6.07) is 7.51. The van der Waals surface area contributed by atoms with E-state index in [1.807, 2.05) is 0 Å². The quantitative estimate of drug-likeness (QED) is 0.801. The molecule has 0 aliphatic rings. The van der Waals surface area contributed by atoms with E-state index in [4.69, 9.17) is 4.74 Å². The third-order valence-corrected chi connectivity index (χ3v) is 3.29. The van der Waals surface area contributed by atoms with Crippen LogP contribution in [-0.2, 0) is 6.42 Å². The fraction of sp³-hybridized carbons (Fsp3) is 0.176. The average Bonchev–Trinajstić information content (AvgIpc) is 2.52. The highest BCUT2D eigenvalue weighted by Gasteiger charge is 2.09. The van der Waals surface area contributed by atoms with E-state index < -0.39 is 0 Å². The second-order valence-electron chi connectivity index (χ2n) is 4.91. The first kappa shape index (κ1) is 15.6. The highest BCUT2D eigenvalue weighted by Crippen LogP contribution is 2.28. The van der Waals surface area contributed by atoms with E-state index in [0.29, 0.717) is 35.0 Å². The number of benzene rings is 2. The smallest absolute Gasteiger partial charge is 0.161 e. The Morgan fingerprint density at radius 2 is 1.77 bits per heavy atom. The minimum atomic E-state index is -0.0624. The molecule has 0 saturated carbocycles. The fourth-order valence-corrected chi connectivity index (χ4v) is 2.13. The lowest BCUT2D eigenvalue weighted by Gasteiger charge is -2.11. The standard InChI is InChI=1S/C17H16O5/c1-11-6-13(10-19)7-14(17(11)21)4-5-22-16-8-12(9-18)2-3-15(16)20/h2-3,6-10,20-21H,4-5H2,1H3. The molecule has 5 nitrogen and oxygen atoms in total. The molecule has 2 aromatic carbocycles. The van der Waals surface area contributed by atoms with Crippen molar-refractivity contribution >= 4 is 12.6 Å². The molecule has 22 heavy (non-hydrogen) atoms. The summed E-state index contributed by atoms with van der Waals surface area (Å²) in [5.41, 5.74) is 2.09. The van der Waals surface area contributed by atoms with Crippen molar-refractivity contribution in [3.63, 3.8) is 0 Å². The third kappa shape index (κ3) is 3.44. The van der Waals surface area contributed by atoms with Crippen LogP contribution in [0, 0.1) is 6.92 Å². The lowest BCUT2D eigenvalue weighted by Crippen LogP contribution is -2.03. The molecular formula is C17H16O5. The lowest BCUT2D eigenvalue weighted by molar-refractivity contribution is 0.111. The summed E-state index contributed by atoms with van der Waals surface area (Å²) >= 11 is 0.